The Kier molecular flexibility index (Phi) is 7.22. The Labute approximate surface area is 186 Å². The summed E-state index contributed by atoms with van der Waals surface area (Å²) in [7, 11) is 0. The van der Waals surface area contributed by atoms with Crippen LogP contribution in [0.2, 0.25) is 0 Å². The number of aliphatic carboxylic acids is 1. The number of aromatic hydroxyl groups is 1. The van der Waals surface area contributed by atoms with Gasteiger partial charge in [-0.2, -0.15) is 12.6 Å². The van der Waals surface area contributed by atoms with Crippen LogP contribution in [0, 0.1) is 6.92 Å². The fourth-order valence-corrected chi connectivity index (χ4v) is 4.23. The minimum absolute atomic E-state index is 0.135. The van der Waals surface area contributed by atoms with Crippen LogP contribution in [0.15, 0.2) is 48.5 Å². The molecule has 0 saturated carbocycles. The first kappa shape index (κ1) is 22.7. The Balaban J connectivity index is 1.65. The lowest BCUT2D eigenvalue weighted by Gasteiger charge is -2.29. The van der Waals surface area contributed by atoms with Crippen molar-refractivity contribution in [3.63, 3.8) is 0 Å². The molecule has 1 aliphatic rings. The van der Waals surface area contributed by atoms with Crippen molar-refractivity contribution in [1.29, 1.82) is 0 Å². The highest BCUT2D eigenvalue weighted by atomic mass is 32.1. The van der Waals surface area contributed by atoms with Crippen molar-refractivity contribution in [1.82, 2.24) is 10.2 Å². The number of carbonyl (C=O) groups is 3. The number of likely N-dealkylation sites (tertiary alicyclic amines) is 1. The average molecular weight is 443 g/mol. The van der Waals surface area contributed by atoms with Crippen molar-refractivity contribution >= 4 is 30.4 Å². The zero-order valence-corrected chi connectivity index (χ0v) is 18.1. The number of amides is 2. The quantitative estimate of drug-likeness (QED) is 0.493. The molecule has 2 aromatic carbocycles. The van der Waals surface area contributed by atoms with E-state index in [2.05, 4.69) is 17.9 Å². The van der Waals surface area contributed by atoms with Crippen LogP contribution in [0.3, 0.4) is 0 Å². The van der Waals surface area contributed by atoms with Gasteiger partial charge in [0.1, 0.15) is 11.8 Å². The number of thiol groups is 1. The van der Waals surface area contributed by atoms with Gasteiger partial charge in [0.05, 0.1) is 17.8 Å². The summed E-state index contributed by atoms with van der Waals surface area (Å²) < 4.78 is 0. The zero-order chi connectivity index (χ0) is 22.5. The summed E-state index contributed by atoms with van der Waals surface area (Å²) >= 11 is 4.32. The maximum atomic E-state index is 12.9. The van der Waals surface area contributed by atoms with Gasteiger partial charge in [-0.1, -0.05) is 42.0 Å². The molecule has 3 atom stereocenters. The Morgan fingerprint density at radius 2 is 1.87 bits per heavy atom. The normalized spacial score (nSPS) is 19.1. The van der Waals surface area contributed by atoms with Crippen LogP contribution in [0.1, 0.15) is 35.6 Å². The molecule has 0 unspecified atom stereocenters. The Hall–Kier alpha value is -3.00. The van der Waals surface area contributed by atoms with Gasteiger partial charge < -0.3 is 20.4 Å². The van der Waals surface area contributed by atoms with E-state index in [9.17, 15) is 24.6 Å². The Morgan fingerprint density at radius 3 is 2.52 bits per heavy atom. The molecule has 31 heavy (non-hydrogen) atoms. The van der Waals surface area contributed by atoms with Crippen LogP contribution < -0.4 is 5.32 Å². The highest BCUT2D eigenvalue weighted by Gasteiger charge is 2.41. The van der Waals surface area contributed by atoms with Gasteiger partial charge in [-0.25, -0.2) is 4.79 Å². The number of carbonyl (C=O) groups excluding carboxylic acids is 2. The number of phenolic OH excluding ortho intramolecular Hbond substituents is 1. The van der Waals surface area contributed by atoms with E-state index in [-0.39, 0.29) is 18.3 Å². The maximum absolute atomic E-state index is 12.9. The molecule has 164 valence electrons. The maximum Gasteiger partial charge on any atom is 0.326 e. The largest absolute Gasteiger partial charge is 0.508 e. The minimum atomic E-state index is -1.05. The minimum Gasteiger partial charge on any atom is -0.508 e. The molecule has 8 heteroatoms. The lowest BCUT2D eigenvalue weighted by atomic mass is 10.0. The van der Waals surface area contributed by atoms with Crippen LogP contribution in [-0.2, 0) is 20.8 Å². The molecule has 2 amide bonds. The average Bonchev–Trinajstić information content (AvgIpc) is 3.19. The number of hydrogen-bond acceptors (Lipinski definition) is 5. The second-order valence-corrected chi connectivity index (χ2v) is 8.39. The number of phenols is 1. The third-order valence-electron chi connectivity index (χ3n) is 5.47. The topological polar surface area (TPSA) is 107 Å². The van der Waals surface area contributed by atoms with E-state index in [1.54, 1.807) is 12.1 Å². The fraction of sp³-hybridized carbons (Fsp3) is 0.348. The van der Waals surface area contributed by atoms with E-state index < -0.39 is 29.1 Å². The molecule has 0 radical (unpaired) electrons. The third kappa shape index (κ3) is 5.58. The second kappa shape index (κ2) is 9.87. The smallest absolute Gasteiger partial charge is 0.326 e. The number of carboxylic acid groups (broad SMARTS) is 1. The van der Waals surface area contributed by atoms with Gasteiger partial charge in [-0.3, -0.25) is 9.59 Å². The van der Waals surface area contributed by atoms with Crippen molar-refractivity contribution in [2.45, 2.75) is 43.5 Å². The molecule has 0 spiro atoms. The van der Waals surface area contributed by atoms with Crippen molar-refractivity contribution in [3.05, 3.63) is 65.2 Å². The summed E-state index contributed by atoms with van der Waals surface area (Å²) in [5.74, 6) is -1.76. The van der Waals surface area contributed by atoms with E-state index in [0.717, 1.165) is 16.7 Å². The van der Waals surface area contributed by atoms with Crippen molar-refractivity contribution in [2.24, 2.45) is 0 Å². The standard InChI is InChI=1S/C23H26N2O5S/c1-14-3-2-4-16(11-14)18-9-10-19(23(29)30)25(18)21(27)13-24-22(28)20(31)12-15-5-7-17(26)8-6-15/h2-8,11,18-20,26,31H,9-10,12-13H2,1H3,(H,24,28)(H,29,30)/t18-,19+,20+/m1/s1. The van der Waals surface area contributed by atoms with Crippen molar-refractivity contribution in [2.75, 3.05) is 6.54 Å². The lowest BCUT2D eigenvalue weighted by molar-refractivity contribution is -0.149. The van der Waals surface area contributed by atoms with E-state index in [1.165, 1.54) is 17.0 Å². The van der Waals surface area contributed by atoms with Gasteiger partial charge in [0.25, 0.3) is 0 Å². The summed E-state index contributed by atoms with van der Waals surface area (Å²) in [6.07, 6.45) is 1.25. The molecule has 1 fully saturated rings. The first-order valence-electron chi connectivity index (χ1n) is 10.1. The lowest BCUT2D eigenvalue weighted by Crippen LogP contribution is -2.47. The summed E-state index contributed by atoms with van der Waals surface area (Å²) in [4.78, 5) is 38.5. The number of nitrogens with one attached hydrogen (secondary N) is 1. The highest BCUT2D eigenvalue weighted by molar-refractivity contribution is 7.81. The predicted octanol–water partition coefficient (Wildman–Crippen LogP) is 2.47. The number of aryl methyl sites for hydroxylation is 1. The van der Waals surface area contributed by atoms with Crippen LogP contribution in [0.25, 0.3) is 0 Å². The molecule has 2 aromatic rings. The fourth-order valence-electron chi connectivity index (χ4n) is 3.93. The molecule has 1 aliphatic heterocycles. The van der Waals surface area contributed by atoms with E-state index >= 15 is 0 Å². The monoisotopic (exact) mass is 442 g/mol. The van der Waals surface area contributed by atoms with Gasteiger partial charge in [0.2, 0.25) is 11.8 Å². The van der Waals surface area contributed by atoms with Crippen LogP contribution in [0.5, 0.6) is 5.75 Å². The van der Waals surface area contributed by atoms with Crippen LogP contribution >= 0.6 is 12.6 Å². The summed E-state index contributed by atoms with van der Waals surface area (Å²) in [6.45, 7) is 1.65. The van der Waals surface area contributed by atoms with Crippen molar-refractivity contribution in [3.8, 4) is 5.75 Å². The molecule has 0 aliphatic carbocycles. The first-order valence-corrected chi connectivity index (χ1v) is 10.6. The number of rotatable bonds is 7. The van der Waals surface area contributed by atoms with E-state index in [4.69, 9.17) is 0 Å². The second-order valence-electron chi connectivity index (χ2n) is 7.77. The van der Waals surface area contributed by atoms with Gasteiger partial charge in [0.15, 0.2) is 0 Å². The van der Waals surface area contributed by atoms with E-state index in [1.807, 2.05) is 31.2 Å². The van der Waals surface area contributed by atoms with Crippen LogP contribution in [0.4, 0.5) is 0 Å². The molecule has 3 rings (SSSR count). The summed E-state index contributed by atoms with van der Waals surface area (Å²) in [6, 6.07) is 12.9. The van der Waals surface area contributed by atoms with Gasteiger partial charge in [0, 0.05) is 0 Å². The van der Waals surface area contributed by atoms with Crippen LogP contribution in [-0.4, -0.2) is 50.7 Å². The molecule has 0 aromatic heterocycles. The molecule has 0 bridgehead atoms. The number of hydrogen-bond donors (Lipinski definition) is 4. The molecular weight excluding hydrogens is 416 g/mol. The third-order valence-corrected chi connectivity index (χ3v) is 5.88. The predicted molar refractivity (Wildman–Crippen MR) is 119 cm³/mol. The number of nitrogens with zero attached hydrogens (tertiary/aromatic N) is 1. The Bertz CT molecular complexity index is 963. The molecule has 1 saturated heterocycles. The van der Waals surface area contributed by atoms with E-state index in [0.29, 0.717) is 19.3 Å². The van der Waals surface area contributed by atoms with Gasteiger partial charge in [-0.05, 0) is 49.4 Å². The molecule has 7 nitrogen and oxygen atoms in total. The zero-order valence-electron chi connectivity index (χ0n) is 17.2. The van der Waals surface area contributed by atoms with Crippen molar-refractivity contribution < 1.29 is 24.6 Å². The molecule has 1 heterocycles. The van der Waals surface area contributed by atoms with Gasteiger partial charge in [-0.15, -0.1) is 0 Å². The Morgan fingerprint density at radius 1 is 1.16 bits per heavy atom. The first-order chi connectivity index (χ1) is 14.8. The molecular formula is C23H26N2O5S. The number of benzene rings is 2. The molecule has 3 N–H and O–H groups in total. The SMILES string of the molecule is Cc1cccc([C@H]2CC[C@@H](C(=O)O)N2C(=O)CNC(=O)[C@@H](S)Cc2ccc(O)cc2)c1. The van der Waals surface area contributed by atoms with Gasteiger partial charge >= 0.3 is 5.97 Å². The highest BCUT2D eigenvalue weighted by Crippen LogP contribution is 2.36. The number of carboxylic acids is 1. The summed E-state index contributed by atoms with van der Waals surface area (Å²) in [5.41, 5.74) is 2.75. The summed E-state index contributed by atoms with van der Waals surface area (Å²) in [5, 5.41) is 20.8.